The van der Waals surface area contributed by atoms with E-state index in [0.717, 1.165) is 18.3 Å². The molecule has 1 N–H and O–H groups in total. The van der Waals surface area contributed by atoms with Crippen LogP contribution in [0.4, 0.5) is 32.0 Å². The van der Waals surface area contributed by atoms with Gasteiger partial charge in [-0.3, -0.25) is 0 Å². The van der Waals surface area contributed by atoms with E-state index in [4.69, 9.17) is 15.3 Å². The molecule has 0 fully saturated rings. The van der Waals surface area contributed by atoms with Crippen LogP contribution in [-0.2, 0) is 6.18 Å². The summed E-state index contributed by atoms with van der Waals surface area (Å²) >= 11 is 0. The highest BCUT2D eigenvalue weighted by Crippen LogP contribution is 2.37. The van der Waals surface area contributed by atoms with Gasteiger partial charge in [0.15, 0.2) is 29.0 Å². The van der Waals surface area contributed by atoms with Crippen molar-refractivity contribution in [3.8, 4) is 23.6 Å². The maximum Gasteiger partial charge on any atom is 0.416 e. The van der Waals surface area contributed by atoms with Crippen molar-refractivity contribution in [1.82, 2.24) is 0 Å². The fourth-order valence-corrected chi connectivity index (χ4v) is 2.06. The molecule has 0 aliphatic rings. The monoisotopic (exact) mass is 397 g/mol. The largest absolute Gasteiger partial charge is 0.448 e. The number of nitrogens with zero attached hydrogens (tertiary/aromatic N) is 2. The van der Waals surface area contributed by atoms with Crippen LogP contribution < -0.4 is 10.1 Å². The number of benzene rings is 2. The third-order valence-corrected chi connectivity index (χ3v) is 3.43. The summed E-state index contributed by atoms with van der Waals surface area (Å²) in [5.41, 5.74) is -1.44. The molecule has 2 aromatic carbocycles. The highest BCUT2D eigenvalue weighted by Gasteiger charge is 2.33. The van der Waals surface area contributed by atoms with Crippen LogP contribution in [0, 0.1) is 47.0 Å². The lowest BCUT2D eigenvalue weighted by Crippen LogP contribution is -2.07. The van der Waals surface area contributed by atoms with Gasteiger partial charge < -0.3 is 10.1 Å². The SMILES string of the molecule is Cc1cc(F)c(Oc2c(F)cc(C(F)(F)F)cc2F)cc1NC=C(C#N)C#N. The molecule has 10 heteroatoms. The van der Waals surface area contributed by atoms with Gasteiger partial charge in [-0.25, -0.2) is 13.2 Å². The summed E-state index contributed by atoms with van der Waals surface area (Å²) in [7, 11) is 0. The van der Waals surface area contributed by atoms with Crippen molar-refractivity contribution in [1.29, 1.82) is 10.5 Å². The molecule has 0 saturated heterocycles. The Labute approximate surface area is 154 Å². The predicted octanol–water partition coefficient (Wildman–Crippen LogP) is 5.57. The Morgan fingerprint density at radius 3 is 2.07 bits per heavy atom. The number of nitrogens with one attached hydrogen (secondary N) is 1. The summed E-state index contributed by atoms with van der Waals surface area (Å²) in [6.07, 6.45) is -3.96. The summed E-state index contributed by atoms with van der Waals surface area (Å²) in [4.78, 5) is 0. The van der Waals surface area contributed by atoms with Gasteiger partial charge >= 0.3 is 6.18 Å². The number of halogens is 6. The van der Waals surface area contributed by atoms with Crippen LogP contribution in [0.25, 0.3) is 0 Å². The number of nitriles is 2. The number of rotatable bonds is 4. The van der Waals surface area contributed by atoms with Gasteiger partial charge in [-0.15, -0.1) is 0 Å². The van der Waals surface area contributed by atoms with Gasteiger partial charge in [0.1, 0.15) is 17.7 Å². The first-order chi connectivity index (χ1) is 13.1. The quantitative estimate of drug-likeness (QED) is 0.541. The summed E-state index contributed by atoms with van der Waals surface area (Å²) < 4.78 is 84.4. The first-order valence-electron chi connectivity index (χ1n) is 7.38. The molecule has 2 rings (SSSR count). The molecule has 0 aromatic heterocycles. The molecule has 0 heterocycles. The second kappa shape index (κ2) is 7.92. The van der Waals surface area contributed by atoms with Gasteiger partial charge in [-0.2, -0.15) is 23.7 Å². The van der Waals surface area contributed by atoms with E-state index in [-0.39, 0.29) is 23.4 Å². The number of allylic oxidation sites excluding steroid dienone is 1. The number of aryl methyl sites for hydroxylation is 1. The highest BCUT2D eigenvalue weighted by atomic mass is 19.4. The molecule has 0 saturated carbocycles. The fraction of sp³-hybridized carbons (Fsp3) is 0.111. The van der Waals surface area contributed by atoms with E-state index in [0.29, 0.717) is 5.56 Å². The summed E-state index contributed by atoms with van der Waals surface area (Å²) in [6, 6.07) is 5.12. The summed E-state index contributed by atoms with van der Waals surface area (Å²) in [6.45, 7) is 1.46. The first kappa shape index (κ1) is 20.6. The van der Waals surface area contributed by atoms with Crippen molar-refractivity contribution in [2.24, 2.45) is 0 Å². The van der Waals surface area contributed by atoms with Crippen LogP contribution in [-0.4, -0.2) is 0 Å². The molecule has 0 atom stereocenters. The Bertz CT molecular complexity index is 992. The zero-order valence-electron chi connectivity index (χ0n) is 14.0. The van der Waals surface area contributed by atoms with Crippen molar-refractivity contribution in [2.45, 2.75) is 13.1 Å². The minimum Gasteiger partial charge on any atom is -0.448 e. The molecular weight excluding hydrogens is 388 g/mol. The minimum atomic E-state index is -4.97. The molecule has 144 valence electrons. The average molecular weight is 397 g/mol. The Kier molecular flexibility index (Phi) is 5.84. The standard InChI is InChI=1S/C18H9F6N3O/c1-9-2-12(19)16(5-15(9)27-8-10(6-25)7-26)28-17-13(20)3-11(4-14(17)21)18(22,23)24/h2-5,8,27H,1H3. The van der Waals surface area contributed by atoms with Gasteiger partial charge in [0.05, 0.1) is 5.56 Å². The molecule has 4 nitrogen and oxygen atoms in total. The van der Waals surface area contributed by atoms with Gasteiger partial charge in [0.2, 0.25) is 0 Å². The third kappa shape index (κ3) is 4.54. The minimum absolute atomic E-state index is 0.0263. The summed E-state index contributed by atoms with van der Waals surface area (Å²) in [5, 5.41) is 19.9. The van der Waals surface area contributed by atoms with Gasteiger partial charge in [0, 0.05) is 18.0 Å². The maximum atomic E-state index is 14.1. The second-order valence-corrected chi connectivity index (χ2v) is 5.39. The Hall–Kier alpha value is -3.66. The fourth-order valence-electron chi connectivity index (χ4n) is 2.06. The van der Waals surface area contributed by atoms with Crippen molar-refractivity contribution in [2.75, 3.05) is 5.32 Å². The zero-order valence-corrected chi connectivity index (χ0v) is 14.0. The summed E-state index contributed by atoms with van der Waals surface area (Å²) in [5.74, 6) is -6.27. The average Bonchev–Trinajstić information content (AvgIpc) is 2.60. The van der Waals surface area contributed by atoms with E-state index < -0.39 is 40.7 Å². The normalized spacial score (nSPS) is 10.6. The molecule has 0 unspecified atom stereocenters. The maximum absolute atomic E-state index is 14.1. The van der Waals surface area contributed by atoms with Crippen molar-refractivity contribution in [3.63, 3.8) is 0 Å². The lowest BCUT2D eigenvalue weighted by atomic mass is 10.1. The number of ether oxygens (including phenoxy) is 1. The van der Waals surface area contributed by atoms with Crippen LogP contribution in [0.1, 0.15) is 11.1 Å². The van der Waals surface area contributed by atoms with E-state index in [9.17, 15) is 26.3 Å². The molecule has 28 heavy (non-hydrogen) atoms. The lowest BCUT2D eigenvalue weighted by molar-refractivity contribution is -0.138. The van der Waals surface area contributed by atoms with Gasteiger partial charge in [-0.05, 0) is 30.7 Å². The molecule has 0 amide bonds. The molecule has 0 spiro atoms. The third-order valence-electron chi connectivity index (χ3n) is 3.43. The van der Waals surface area contributed by atoms with E-state index in [1.807, 2.05) is 0 Å². The van der Waals surface area contributed by atoms with Crippen molar-refractivity contribution < 1.29 is 31.1 Å². The van der Waals surface area contributed by atoms with Crippen molar-refractivity contribution in [3.05, 3.63) is 64.6 Å². The first-order valence-corrected chi connectivity index (χ1v) is 7.38. The number of hydrogen-bond donors (Lipinski definition) is 1. The van der Waals surface area contributed by atoms with Crippen LogP contribution >= 0.6 is 0 Å². The topological polar surface area (TPSA) is 68.8 Å². The van der Waals surface area contributed by atoms with Crippen molar-refractivity contribution >= 4 is 5.69 Å². The van der Waals surface area contributed by atoms with Crippen LogP contribution in [0.3, 0.4) is 0 Å². The Morgan fingerprint density at radius 2 is 1.57 bits per heavy atom. The molecular formula is C18H9F6N3O. The Morgan fingerprint density at radius 1 is 1.00 bits per heavy atom. The van der Waals surface area contributed by atoms with Gasteiger partial charge in [-0.1, -0.05) is 0 Å². The lowest BCUT2D eigenvalue weighted by Gasteiger charge is -2.14. The zero-order chi connectivity index (χ0) is 21.1. The van der Waals surface area contributed by atoms with Crippen LogP contribution in [0.15, 0.2) is 36.0 Å². The molecule has 2 aromatic rings. The molecule has 0 bridgehead atoms. The van der Waals surface area contributed by atoms with Crippen LogP contribution in [0.5, 0.6) is 11.5 Å². The number of alkyl halides is 3. The smallest absolute Gasteiger partial charge is 0.416 e. The molecule has 0 radical (unpaired) electrons. The number of hydrogen-bond acceptors (Lipinski definition) is 4. The predicted molar refractivity (Wildman–Crippen MR) is 85.5 cm³/mol. The molecule has 0 aliphatic carbocycles. The van der Waals surface area contributed by atoms with E-state index in [2.05, 4.69) is 5.32 Å². The van der Waals surface area contributed by atoms with Gasteiger partial charge in [0.25, 0.3) is 0 Å². The van der Waals surface area contributed by atoms with E-state index in [1.54, 1.807) is 12.1 Å². The second-order valence-electron chi connectivity index (χ2n) is 5.39. The van der Waals surface area contributed by atoms with E-state index >= 15 is 0 Å². The highest BCUT2D eigenvalue weighted by molar-refractivity contribution is 5.58. The molecule has 0 aliphatic heterocycles. The number of anilines is 1. The van der Waals surface area contributed by atoms with E-state index in [1.165, 1.54) is 6.92 Å². The van der Waals surface area contributed by atoms with Crippen LogP contribution in [0.2, 0.25) is 0 Å². The Balaban J connectivity index is 2.42.